The molecule has 1 saturated heterocycles. The van der Waals surface area contributed by atoms with Crippen molar-refractivity contribution in [1.82, 2.24) is 15.3 Å². The van der Waals surface area contributed by atoms with Gasteiger partial charge in [-0.05, 0) is 11.5 Å². The van der Waals surface area contributed by atoms with Crippen molar-refractivity contribution < 1.29 is 9.90 Å². The highest BCUT2D eigenvalue weighted by Crippen LogP contribution is 2.37. The predicted molar refractivity (Wildman–Crippen MR) is 112 cm³/mol. The number of benzene rings is 2. The second-order valence-corrected chi connectivity index (χ2v) is 7.58. The maximum atomic E-state index is 12.1. The van der Waals surface area contributed by atoms with Crippen LogP contribution in [0.5, 0.6) is 5.75 Å². The third kappa shape index (κ3) is 3.17. The molecule has 3 aromatic rings. The summed E-state index contributed by atoms with van der Waals surface area (Å²) in [7, 11) is 0. The molecule has 7 heteroatoms. The number of carbonyl (C=O) groups excluding carboxylic acids is 1. The van der Waals surface area contributed by atoms with Crippen LogP contribution in [0.1, 0.15) is 11.3 Å². The molecule has 1 unspecified atom stereocenters. The van der Waals surface area contributed by atoms with Crippen LogP contribution in [0, 0.1) is 0 Å². The summed E-state index contributed by atoms with van der Waals surface area (Å²) in [6, 6.07) is 11.1. The summed E-state index contributed by atoms with van der Waals surface area (Å²) in [4.78, 5) is 25.5. The Balaban J connectivity index is 1.58. The Morgan fingerprint density at radius 3 is 2.79 bits per heavy atom. The van der Waals surface area contributed by atoms with Crippen LogP contribution in [0.3, 0.4) is 0 Å². The zero-order valence-electron chi connectivity index (χ0n) is 16.1. The number of hydrogen-bond acceptors (Lipinski definition) is 7. The Morgan fingerprint density at radius 2 is 1.97 bits per heavy atom. The highest BCUT2D eigenvalue weighted by Gasteiger charge is 2.31. The Bertz CT molecular complexity index is 1060. The van der Waals surface area contributed by atoms with Crippen LogP contribution in [-0.4, -0.2) is 53.6 Å². The van der Waals surface area contributed by atoms with Crippen molar-refractivity contribution in [2.45, 2.75) is 19.0 Å². The van der Waals surface area contributed by atoms with E-state index in [1.807, 2.05) is 29.2 Å². The second-order valence-electron chi connectivity index (χ2n) is 7.58. The van der Waals surface area contributed by atoms with Gasteiger partial charge in [0.05, 0.1) is 18.3 Å². The number of aromatic nitrogens is 2. The van der Waals surface area contributed by atoms with Crippen molar-refractivity contribution >= 4 is 28.6 Å². The van der Waals surface area contributed by atoms with Crippen LogP contribution in [-0.2, 0) is 17.8 Å². The molecule has 2 N–H and O–H groups in total. The first kappa shape index (κ1) is 17.9. The third-order valence-electron chi connectivity index (χ3n) is 5.85. The van der Waals surface area contributed by atoms with E-state index in [4.69, 9.17) is 0 Å². The lowest BCUT2D eigenvalue weighted by Crippen LogP contribution is -2.46. The van der Waals surface area contributed by atoms with Crippen molar-refractivity contribution in [3.05, 3.63) is 54.0 Å². The Kier molecular flexibility index (Phi) is 4.52. The van der Waals surface area contributed by atoms with E-state index in [-0.39, 0.29) is 11.8 Å². The van der Waals surface area contributed by atoms with Gasteiger partial charge in [0, 0.05) is 55.3 Å². The Hall–Kier alpha value is -3.19. The molecule has 2 aliphatic rings. The molecule has 0 radical (unpaired) electrons. The molecule has 3 heterocycles. The van der Waals surface area contributed by atoms with Crippen LogP contribution in [0.25, 0.3) is 10.8 Å². The van der Waals surface area contributed by atoms with E-state index in [0.717, 1.165) is 66.0 Å². The van der Waals surface area contributed by atoms with Gasteiger partial charge in [0.25, 0.3) is 0 Å². The van der Waals surface area contributed by atoms with Gasteiger partial charge in [-0.25, -0.2) is 9.97 Å². The summed E-state index contributed by atoms with van der Waals surface area (Å²) in [6.45, 7) is 4.16. The van der Waals surface area contributed by atoms with Gasteiger partial charge in [0.2, 0.25) is 0 Å². The first-order chi connectivity index (χ1) is 14.2. The molecule has 148 valence electrons. The number of fused-ring (bicyclic) bond motifs is 2. The third-order valence-corrected chi connectivity index (χ3v) is 5.85. The zero-order valence-corrected chi connectivity index (χ0v) is 16.1. The van der Waals surface area contributed by atoms with Crippen LogP contribution in [0.15, 0.2) is 42.7 Å². The fourth-order valence-corrected chi connectivity index (χ4v) is 4.43. The minimum absolute atomic E-state index is 0.193. The number of aromatic hydroxyl groups is 1. The quantitative estimate of drug-likeness (QED) is 0.662. The molecule has 2 aromatic carbocycles. The van der Waals surface area contributed by atoms with Crippen molar-refractivity contribution in [3.8, 4) is 5.75 Å². The molecule has 1 fully saturated rings. The molecule has 7 nitrogen and oxygen atoms in total. The maximum absolute atomic E-state index is 12.1. The summed E-state index contributed by atoms with van der Waals surface area (Å²) in [6.07, 6.45) is 3.18. The smallest absolute Gasteiger partial charge is 0.142 e. The van der Waals surface area contributed by atoms with E-state index in [2.05, 4.69) is 20.2 Å². The van der Waals surface area contributed by atoms with Crippen molar-refractivity contribution in [2.75, 3.05) is 36.0 Å². The lowest BCUT2D eigenvalue weighted by molar-refractivity contribution is -0.109. The average molecular weight is 389 g/mol. The van der Waals surface area contributed by atoms with E-state index in [0.29, 0.717) is 13.0 Å². The topological polar surface area (TPSA) is 81.6 Å². The van der Waals surface area contributed by atoms with Gasteiger partial charge >= 0.3 is 0 Å². The van der Waals surface area contributed by atoms with E-state index in [1.165, 1.54) is 0 Å². The van der Waals surface area contributed by atoms with Crippen LogP contribution in [0.4, 0.5) is 11.5 Å². The number of aldehydes is 1. The molecule has 0 bridgehead atoms. The lowest BCUT2D eigenvalue weighted by atomic mass is 9.96. The van der Waals surface area contributed by atoms with Gasteiger partial charge < -0.3 is 25.0 Å². The highest BCUT2D eigenvalue weighted by atomic mass is 16.3. The number of rotatable bonds is 3. The minimum atomic E-state index is -0.333. The molecular formula is C22H23N5O2. The molecule has 0 aliphatic carbocycles. The lowest BCUT2D eigenvalue weighted by Gasteiger charge is -2.38. The number of hydrogen-bond donors (Lipinski definition) is 2. The van der Waals surface area contributed by atoms with Gasteiger partial charge in [0.15, 0.2) is 0 Å². The van der Waals surface area contributed by atoms with Gasteiger partial charge in [-0.15, -0.1) is 0 Å². The number of phenolic OH excluding ortho intramolecular Hbond substituents is 1. The first-order valence-corrected chi connectivity index (χ1v) is 9.96. The van der Waals surface area contributed by atoms with Crippen molar-refractivity contribution in [3.63, 3.8) is 0 Å². The summed E-state index contributed by atoms with van der Waals surface area (Å²) in [5.74, 6) is 1.14. The van der Waals surface area contributed by atoms with Crippen LogP contribution in [0.2, 0.25) is 0 Å². The van der Waals surface area contributed by atoms with Gasteiger partial charge in [-0.2, -0.15) is 0 Å². The largest absolute Gasteiger partial charge is 0.508 e. The molecule has 2 aliphatic heterocycles. The molecule has 1 aromatic heterocycles. The Morgan fingerprint density at radius 1 is 1.14 bits per heavy atom. The second kappa shape index (κ2) is 7.33. The number of piperazine rings is 1. The average Bonchev–Trinajstić information content (AvgIpc) is 2.77. The van der Waals surface area contributed by atoms with Crippen molar-refractivity contribution in [1.29, 1.82) is 0 Å². The summed E-state index contributed by atoms with van der Waals surface area (Å²) >= 11 is 0. The highest BCUT2D eigenvalue weighted by molar-refractivity contribution is 5.96. The SMILES string of the molecule is O=CC1Cc2c(ncnc2N2CCNCC2)CN1c1cc(O)cc2ccccc12. The normalized spacial score (nSPS) is 19.2. The number of phenols is 1. The summed E-state index contributed by atoms with van der Waals surface area (Å²) < 4.78 is 0. The molecule has 29 heavy (non-hydrogen) atoms. The number of anilines is 2. The number of nitrogens with zero attached hydrogens (tertiary/aromatic N) is 4. The number of nitrogens with one attached hydrogen (secondary N) is 1. The van der Waals surface area contributed by atoms with E-state index in [1.54, 1.807) is 18.5 Å². The van der Waals surface area contributed by atoms with E-state index < -0.39 is 0 Å². The summed E-state index contributed by atoms with van der Waals surface area (Å²) in [5.41, 5.74) is 2.86. The first-order valence-electron chi connectivity index (χ1n) is 9.96. The molecule has 0 spiro atoms. The fourth-order valence-electron chi connectivity index (χ4n) is 4.43. The van der Waals surface area contributed by atoms with Gasteiger partial charge in [0.1, 0.15) is 24.2 Å². The van der Waals surface area contributed by atoms with E-state index >= 15 is 0 Å². The Labute approximate surface area is 169 Å². The monoisotopic (exact) mass is 389 g/mol. The minimum Gasteiger partial charge on any atom is -0.508 e. The molecule has 1 atom stereocenters. The predicted octanol–water partition coefficient (Wildman–Crippen LogP) is 1.88. The summed E-state index contributed by atoms with van der Waals surface area (Å²) in [5, 5.41) is 15.6. The molecule has 5 rings (SSSR count). The number of carbonyl (C=O) groups is 1. The zero-order chi connectivity index (χ0) is 19.8. The molecular weight excluding hydrogens is 366 g/mol. The standard InChI is InChI=1S/C22H23N5O2/c28-13-16-10-19-20(24-14-25-22(19)26-7-5-23-6-8-26)12-27(16)21-11-17(29)9-15-3-1-2-4-18(15)21/h1-4,9,11,13-14,16,23,29H,5-8,10,12H2. The van der Waals surface area contributed by atoms with Crippen LogP contribution >= 0.6 is 0 Å². The van der Waals surface area contributed by atoms with E-state index in [9.17, 15) is 9.90 Å². The van der Waals surface area contributed by atoms with Gasteiger partial charge in [-0.3, -0.25) is 0 Å². The molecule has 0 amide bonds. The molecule has 0 saturated carbocycles. The van der Waals surface area contributed by atoms with Gasteiger partial charge in [-0.1, -0.05) is 24.3 Å². The van der Waals surface area contributed by atoms with Crippen molar-refractivity contribution in [2.24, 2.45) is 0 Å². The van der Waals surface area contributed by atoms with Crippen LogP contribution < -0.4 is 15.1 Å². The maximum Gasteiger partial charge on any atom is 0.142 e. The fraction of sp³-hybridized carbons (Fsp3) is 0.318.